The van der Waals surface area contributed by atoms with Gasteiger partial charge in [-0.05, 0) is 43.0 Å². The molecule has 1 amide bonds. The first-order valence-corrected chi connectivity index (χ1v) is 10.5. The molecule has 0 heterocycles. The zero-order valence-corrected chi connectivity index (χ0v) is 16.5. The van der Waals surface area contributed by atoms with Gasteiger partial charge in [0.1, 0.15) is 6.54 Å². The number of nitrogens with one attached hydrogen (secondary N) is 1. The Morgan fingerprint density at radius 3 is 2.35 bits per heavy atom. The fraction of sp³-hybridized carbons (Fsp3) is 0.350. The molecule has 0 unspecified atom stereocenters. The van der Waals surface area contributed by atoms with E-state index in [0.717, 1.165) is 29.4 Å². The Labute approximate surface area is 156 Å². The summed E-state index contributed by atoms with van der Waals surface area (Å²) in [6.07, 6.45) is 1.84. The summed E-state index contributed by atoms with van der Waals surface area (Å²) in [5.41, 5.74) is 3.29. The average Bonchev–Trinajstić information content (AvgIpc) is 2.59. The molecule has 0 aromatic heterocycles. The molecule has 0 aliphatic carbocycles. The highest BCUT2D eigenvalue weighted by Crippen LogP contribution is 2.24. The Kier molecular flexibility index (Phi) is 6.42. The minimum Gasteiger partial charge on any atom is -0.348 e. The summed E-state index contributed by atoms with van der Waals surface area (Å²) in [7, 11) is -3.59. The van der Waals surface area contributed by atoms with Gasteiger partial charge in [0, 0.05) is 0 Å². The Balaban J connectivity index is 2.23. The molecular weight excluding hydrogens is 348 g/mol. The Bertz CT molecular complexity index is 864. The minimum absolute atomic E-state index is 0.149. The molecule has 140 valence electrons. The Morgan fingerprint density at radius 1 is 1.12 bits per heavy atom. The summed E-state index contributed by atoms with van der Waals surface area (Å²) in [6, 6.07) is 15.1. The molecule has 2 aromatic carbocycles. The van der Waals surface area contributed by atoms with Crippen LogP contribution in [0.15, 0.2) is 48.5 Å². The van der Waals surface area contributed by atoms with E-state index in [2.05, 4.69) is 5.32 Å². The molecule has 5 nitrogen and oxygen atoms in total. The minimum atomic E-state index is -3.59. The van der Waals surface area contributed by atoms with Crippen molar-refractivity contribution in [3.8, 4) is 0 Å². The quantitative estimate of drug-likeness (QED) is 0.808. The SMILES string of the molecule is CC[C@H](NC(=O)CN(c1cc(C)ccc1C)S(C)(=O)=O)c1ccccc1. The molecule has 0 saturated heterocycles. The van der Waals surface area contributed by atoms with Gasteiger partial charge >= 0.3 is 0 Å². The number of aryl methyl sites for hydroxylation is 2. The maximum Gasteiger partial charge on any atom is 0.241 e. The summed E-state index contributed by atoms with van der Waals surface area (Å²) in [6.45, 7) is 5.47. The van der Waals surface area contributed by atoms with E-state index >= 15 is 0 Å². The fourth-order valence-electron chi connectivity index (χ4n) is 2.85. The lowest BCUT2D eigenvalue weighted by Gasteiger charge is -2.25. The van der Waals surface area contributed by atoms with Crippen LogP contribution in [-0.4, -0.2) is 27.1 Å². The molecular formula is C20H26N2O3S. The van der Waals surface area contributed by atoms with Gasteiger partial charge in [-0.1, -0.05) is 49.4 Å². The van der Waals surface area contributed by atoms with Crippen molar-refractivity contribution in [2.75, 3.05) is 17.1 Å². The van der Waals surface area contributed by atoms with Crippen molar-refractivity contribution in [2.24, 2.45) is 0 Å². The van der Waals surface area contributed by atoms with E-state index in [4.69, 9.17) is 0 Å². The third kappa shape index (κ3) is 5.08. The van der Waals surface area contributed by atoms with Crippen molar-refractivity contribution in [3.63, 3.8) is 0 Å². The largest absolute Gasteiger partial charge is 0.348 e. The zero-order valence-electron chi connectivity index (χ0n) is 15.7. The van der Waals surface area contributed by atoms with Gasteiger partial charge in [0.2, 0.25) is 15.9 Å². The molecule has 1 atom stereocenters. The maximum absolute atomic E-state index is 12.6. The second kappa shape index (κ2) is 8.36. The number of nitrogens with zero attached hydrogens (tertiary/aromatic N) is 1. The Hall–Kier alpha value is -2.34. The van der Waals surface area contributed by atoms with Crippen LogP contribution in [0, 0.1) is 13.8 Å². The van der Waals surface area contributed by atoms with Crippen LogP contribution in [0.3, 0.4) is 0 Å². The number of carbonyl (C=O) groups is 1. The molecule has 0 aliphatic heterocycles. The molecule has 1 N–H and O–H groups in total. The monoisotopic (exact) mass is 374 g/mol. The van der Waals surface area contributed by atoms with E-state index in [1.165, 1.54) is 4.31 Å². The van der Waals surface area contributed by atoms with Crippen LogP contribution in [0.2, 0.25) is 0 Å². The van der Waals surface area contributed by atoms with Crippen molar-refractivity contribution in [2.45, 2.75) is 33.2 Å². The smallest absolute Gasteiger partial charge is 0.241 e. The summed E-state index contributed by atoms with van der Waals surface area (Å²) >= 11 is 0. The second-order valence-corrected chi connectivity index (χ2v) is 8.41. The van der Waals surface area contributed by atoms with Crippen LogP contribution < -0.4 is 9.62 Å². The lowest BCUT2D eigenvalue weighted by atomic mass is 10.0. The third-order valence-corrected chi connectivity index (χ3v) is 5.39. The first-order valence-electron chi connectivity index (χ1n) is 8.61. The van der Waals surface area contributed by atoms with Gasteiger partial charge < -0.3 is 5.32 Å². The molecule has 0 aliphatic rings. The van der Waals surface area contributed by atoms with Crippen molar-refractivity contribution in [3.05, 3.63) is 65.2 Å². The van der Waals surface area contributed by atoms with Gasteiger partial charge in [0.15, 0.2) is 0 Å². The van der Waals surface area contributed by atoms with Gasteiger partial charge in [-0.2, -0.15) is 0 Å². The van der Waals surface area contributed by atoms with E-state index in [0.29, 0.717) is 5.69 Å². The number of carbonyl (C=O) groups excluding carboxylic acids is 1. The standard InChI is InChI=1S/C20H26N2O3S/c1-5-18(17-9-7-6-8-10-17)21-20(23)14-22(26(4,24)25)19-13-15(2)11-12-16(19)3/h6-13,18H,5,14H2,1-4H3,(H,21,23)/t18-/m0/s1. The topological polar surface area (TPSA) is 66.5 Å². The van der Waals surface area contributed by atoms with E-state index in [9.17, 15) is 13.2 Å². The fourth-order valence-corrected chi connectivity index (χ4v) is 3.75. The zero-order chi connectivity index (χ0) is 19.3. The maximum atomic E-state index is 12.6. The first kappa shape index (κ1) is 20.0. The number of anilines is 1. The number of hydrogen-bond donors (Lipinski definition) is 1. The van der Waals surface area contributed by atoms with Gasteiger partial charge in [0.05, 0.1) is 18.0 Å². The highest BCUT2D eigenvalue weighted by Gasteiger charge is 2.23. The highest BCUT2D eigenvalue weighted by molar-refractivity contribution is 7.92. The summed E-state index contributed by atoms with van der Waals surface area (Å²) in [4.78, 5) is 12.6. The molecule has 0 radical (unpaired) electrons. The molecule has 6 heteroatoms. The number of amides is 1. The van der Waals surface area contributed by atoms with Crippen LogP contribution in [-0.2, 0) is 14.8 Å². The van der Waals surface area contributed by atoms with Crippen molar-refractivity contribution in [1.82, 2.24) is 5.32 Å². The van der Waals surface area contributed by atoms with E-state index in [1.807, 2.05) is 63.2 Å². The van der Waals surface area contributed by atoms with E-state index < -0.39 is 10.0 Å². The highest BCUT2D eigenvalue weighted by atomic mass is 32.2. The first-order chi connectivity index (χ1) is 12.2. The lowest BCUT2D eigenvalue weighted by molar-refractivity contribution is -0.120. The van der Waals surface area contributed by atoms with Gasteiger partial charge in [0.25, 0.3) is 0 Å². The molecule has 0 spiro atoms. The van der Waals surface area contributed by atoms with Crippen LogP contribution in [0.25, 0.3) is 0 Å². The van der Waals surface area contributed by atoms with Crippen LogP contribution in [0.4, 0.5) is 5.69 Å². The van der Waals surface area contributed by atoms with Crippen LogP contribution >= 0.6 is 0 Å². The summed E-state index contributed by atoms with van der Waals surface area (Å²) in [5, 5.41) is 2.94. The normalized spacial score (nSPS) is 12.5. The second-order valence-electron chi connectivity index (χ2n) is 6.50. The van der Waals surface area contributed by atoms with Crippen LogP contribution in [0.1, 0.15) is 36.1 Å². The predicted molar refractivity (Wildman–Crippen MR) is 106 cm³/mol. The van der Waals surface area contributed by atoms with Gasteiger partial charge in [-0.15, -0.1) is 0 Å². The van der Waals surface area contributed by atoms with Crippen molar-refractivity contribution >= 4 is 21.6 Å². The Morgan fingerprint density at radius 2 is 1.77 bits per heavy atom. The average molecular weight is 375 g/mol. The number of sulfonamides is 1. The lowest BCUT2D eigenvalue weighted by Crippen LogP contribution is -2.41. The van der Waals surface area contributed by atoms with E-state index in [-0.39, 0.29) is 18.5 Å². The number of benzene rings is 2. The van der Waals surface area contributed by atoms with Crippen molar-refractivity contribution < 1.29 is 13.2 Å². The van der Waals surface area contributed by atoms with Gasteiger partial charge in [-0.25, -0.2) is 8.42 Å². The summed E-state index contributed by atoms with van der Waals surface area (Å²) in [5.74, 6) is -0.327. The molecule has 2 rings (SSSR count). The number of rotatable bonds is 7. The van der Waals surface area contributed by atoms with Crippen molar-refractivity contribution in [1.29, 1.82) is 0 Å². The molecule has 0 fully saturated rings. The molecule has 26 heavy (non-hydrogen) atoms. The predicted octanol–water partition coefficient (Wildman–Crippen LogP) is 3.34. The van der Waals surface area contributed by atoms with Gasteiger partial charge in [-0.3, -0.25) is 9.10 Å². The molecule has 0 saturated carbocycles. The summed E-state index contributed by atoms with van der Waals surface area (Å²) < 4.78 is 25.8. The number of hydrogen-bond acceptors (Lipinski definition) is 3. The van der Waals surface area contributed by atoms with Crippen LogP contribution in [0.5, 0.6) is 0 Å². The third-order valence-electron chi connectivity index (χ3n) is 4.27. The molecule has 0 bridgehead atoms. The van der Waals surface area contributed by atoms with E-state index in [1.54, 1.807) is 6.07 Å². The molecule has 2 aromatic rings.